The van der Waals surface area contributed by atoms with Crippen molar-refractivity contribution < 1.29 is 5.11 Å². The Morgan fingerprint density at radius 3 is 2.38 bits per heavy atom. The SMILES string of the molecule is Cc1ccc(CN(C)CC2(CO)CC2)cc1. The summed E-state index contributed by atoms with van der Waals surface area (Å²) >= 11 is 0. The number of benzene rings is 1. The van der Waals surface area contributed by atoms with E-state index in [0.29, 0.717) is 6.61 Å². The summed E-state index contributed by atoms with van der Waals surface area (Å²) < 4.78 is 0. The summed E-state index contributed by atoms with van der Waals surface area (Å²) in [5.74, 6) is 0. The molecule has 0 unspecified atom stereocenters. The monoisotopic (exact) mass is 219 g/mol. The Morgan fingerprint density at radius 2 is 1.88 bits per heavy atom. The molecule has 0 heterocycles. The van der Waals surface area contributed by atoms with E-state index in [9.17, 15) is 5.11 Å². The van der Waals surface area contributed by atoms with Crippen LogP contribution in [0.5, 0.6) is 0 Å². The second kappa shape index (κ2) is 4.56. The zero-order chi connectivity index (χ0) is 11.6. The molecule has 0 saturated heterocycles. The molecular formula is C14H21NO. The van der Waals surface area contributed by atoms with E-state index in [1.165, 1.54) is 24.0 Å². The Hall–Kier alpha value is -0.860. The second-order valence-corrected chi connectivity index (χ2v) is 5.32. The van der Waals surface area contributed by atoms with Gasteiger partial charge in [-0.25, -0.2) is 0 Å². The number of aliphatic hydroxyl groups excluding tert-OH is 1. The smallest absolute Gasteiger partial charge is 0.0499 e. The molecule has 1 aromatic rings. The maximum atomic E-state index is 9.28. The van der Waals surface area contributed by atoms with Gasteiger partial charge in [0.25, 0.3) is 0 Å². The quantitative estimate of drug-likeness (QED) is 0.820. The molecule has 1 aliphatic carbocycles. The fourth-order valence-electron chi connectivity index (χ4n) is 2.18. The van der Waals surface area contributed by atoms with Crippen molar-refractivity contribution in [1.29, 1.82) is 0 Å². The van der Waals surface area contributed by atoms with Crippen molar-refractivity contribution >= 4 is 0 Å². The molecule has 0 bridgehead atoms. The van der Waals surface area contributed by atoms with E-state index in [4.69, 9.17) is 0 Å². The molecule has 0 aromatic heterocycles. The first kappa shape index (κ1) is 11.6. The highest BCUT2D eigenvalue weighted by atomic mass is 16.3. The zero-order valence-electron chi connectivity index (χ0n) is 10.2. The summed E-state index contributed by atoms with van der Waals surface area (Å²) in [4.78, 5) is 2.31. The lowest BCUT2D eigenvalue weighted by atomic mass is 10.1. The van der Waals surface area contributed by atoms with E-state index in [-0.39, 0.29) is 5.41 Å². The Bertz CT molecular complexity index is 340. The van der Waals surface area contributed by atoms with Crippen molar-refractivity contribution in [3.63, 3.8) is 0 Å². The summed E-state index contributed by atoms with van der Waals surface area (Å²) in [5, 5.41) is 9.28. The zero-order valence-corrected chi connectivity index (χ0v) is 10.2. The molecule has 0 atom stereocenters. The fraction of sp³-hybridized carbons (Fsp3) is 0.571. The maximum absolute atomic E-state index is 9.28. The van der Waals surface area contributed by atoms with Crippen molar-refractivity contribution in [3.05, 3.63) is 35.4 Å². The van der Waals surface area contributed by atoms with Gasteiger partial charge in [-0.2, -0.15) is 0 Å². The molecule has 2 rings (SSSR count). The van der Waals surface area contributed by atoms with Gasteiger partial charge in [0.05, 0.1) is 0 Å². The molecule has 0 amide bonds. The van der Waals surface area contributed by atoms with Gasteiger partial charge in [-0.1, -0.05) is 29.8 Å². The molecule has 1 fully saturated rings. The van der Waals surface area contributed by atoms with Crippen molar-refractivity contribution in [2.24, 2.45) is 5.41 Å². The van der Waals surface area contributed by atoms with Crippen molar-refractivity contribution in [3.8, 4) is 0 Å². The van der Waals surface area contributed by atoms with Gasteiger partial charge in [0.2, 0.25) is 0 Å². The van der Waals surface area contributed by atoms with Gasteiger partial charge >= 0.3 is 0 Å². The maximum Gasteiger partial charge on any atom is 0.0499 e. The number of nitrogens with zero attached hydrogens (tertiary/aromatic N) is 1. The van der Waals surface area contributed by atoms with Gasteiger partial charge in [0.1, 0.15) is 0 Å². The van der Waals surface area contributed by atoms with Crippen molar-refractivity contribution in [1.82, 2.24) is 4.90 Å². The molecule has 1 saturated carbocycles. The van der Waals surface area contributed by atoms with E-state index in [0.717, 1.165) is 13.1 Å². The third kappa shape index (κ3) is 2.83. The van der Waals surface area contributed by atoms with Crippen LogP contribution in [0, 0.1) is 12.3 Å². The fourth-order valence-corrected chi connectivity index (χ4v) is 2.18. The predicted molar refractivity (Wildman–Crippen MR) is 66.3 cm³/mol. The van der Waals surface area contributed by atoms with Crippen LogP contribution < -0.4 is 0 Å². The van der Waals surface area contributed by atoms with Crippen LogP contribution in [-0.4, -0.2) is 30.2 Å². The molecule has 0 spiro atoms. The first-order valence-electron chi connectivity index (χ1n) is 5.99. The Labute approximate surface area is 97.9 Å². The number of rotatable bonds is 5. The van der Waals surface area contributed by atoms with Gasteiger partial charge < -0.3 is 10.0 Å². The van der Waals surface area contributed by atoms with E-state index in [1.807, 2.05) is 0 Å². The molecular weight excluding hydrogens is 198 g/mol. The highest BCUT2D eigenvalue weighted by Gasteiger charge is 2.42. The minimum Gasteiger partial charge on any atom is -0.396 e. The topological polar surface area (TPSA) is 23.5 Å². The van der Waals surface area contributed by atoms with Gasteiger partial charge in [0.15, 0.2) is 0 Å². The number of aryl methyl sites for hydroxylation is 1. The number of aliphatic hydroxyl groups is 1. The minimum absolute atomic E-state index is 0.222. The molecule has 16 heavy (non-hydrogen) atoms. The van der Waals surface area contributed by atoms with Crippen LogP contribution in [0.3, 0.4) is 0 Å². The van der Waals surface area contributed by atoms with Crippen LogP contribution in [0.15, 0.2) is 24.3 Å². The molecule has 0 aliphatic heterocycles. The van der Waals surface area contributed by atoms with Gasteiger partial charge in [0, 0.05) is 25.1 Å². The number of hydrogen-bond donors (Lipinski definition) is 1. The third-order valence-corrected chi connectivity index (χ3v) is 3.47. The summed E-state index contributed by atoms with van der Waals surface area (Å²) in [7, 11) is 2.13. The highest BCUT2D eigenvalue weighted by Crippen LogP contribution is 2.45. The van der Waals surface area contributed by atoms with Gasteiger partial charge in [-0.15, -0.1) is 0 Å². The lowest BCUT2D eigenvalue weighted by Crippen LogP contribution is -2.28. The molecule has 1 N–H and O–H groups in total. The van der Waals surface area contributed by atoms with Crippen LogP contribution in [-0.2, 0) is 6.54 Å². The van der Waals surface area contributed by atoms with Crippen LogP contribution >= 0.6 is 0 Å². The van der Waals surface area contributed by atoms with E-state index >= 15 is 0 Å². The summed E-state index contributed by atoms with van der Waals surface area (Å²) in [6.45, 7) is 4.43. The van der Waals surface area contributed by atoms with Crippen LogP contribution in [0.2, 0.25) is 0 Å². The van der Waals surface area contributed by atoms with Crippen LogP contribution in [0.25, 0.3) is 0 Å². The number of hydrogen-bond acceptors (Lipinski definition) is 2. The van der Waals surface area contributed by atoms with Gasteiger partial charge in [-0.3, -0.25) is 0 Å². The molecule has 0 radical (unpaired) electrons. The van der Waals surface area contributed by atoms with Crippen LogP contribution in [0.1, 0.15) is 24.0 Å². The summed E-state index contributed by atoms with van der Waals surface area (Å²) in [5.41, 5.74) is 2.88. The van der Waals surface area contributed by atoms with E-state index < -0.39 is 0 Å². The van der Waals surface area contributed by atoms with Crippen molar-refractivity contribution in [2.45, 2.75) is 26.3 Å². The average molecular weight is 219 g/mol. The largest absolute Gasteiger partial charge is 0.396 e. The van der Waals surface area contributed by atoms with Gasteiger partial charge in [-0.05, 0) is 32.4 Å². The normalized spacial score (nSPS) is 17.8. The molecule has 88 valence electrons. The highest BCUT2D eigenvalue weighted by molar-refractivity contribution is 5.21. The lowest BCUT2D eigenvalue weighted by molar-refractivity contribution is 0.161. The summed E-state index contributed by atoms with van der Waals surface area (Å²) in [6, 6.07) is 8.68. The first-order chi connectivity index (χ1) is 7.63. The molecule has 1 aromatic carbocycles. The van der Waals surface area contributed by atoms with E-state index in [2.05, 4.69) is 43.1 Å². The lowest BCUT2D eigenvalue weighted by Gasteiger charge is -2.22. The molecule has 1 aliphatic rings. The van der Waals surface area contributed by atoms with E-state index in [1.54, 1.807) is 0 Å². The first-order valence-corrected chi connectivity index (χ1v) is 5.99. The Morgan fingerprint density at radius 1 is 1.25 bits per heavy atom. The third-order valence-electron chi connectivity index (χ3n) is 3.47. The Balaban J connectivity index is 1.87. The predicted octanol–water partition coefficient (Wildman–Crippen LogP) is 2.20. The molecule has 2 nitrogen and oxygen atoms in total. The second-order valence-electron chi connectivity index (χ2n) is 5.32. The standard InChI is InChI=1S/C14H21NO/c1-12-3-5-13(6-4-12)9-15(2)10-14(11-16)7-8-14/h3-6,16H,7-11H2,1-2H3. The average Bonchev–Trinajstić information content (AvgIpc) is 3.02. The molecule has 2 heteroatoms. The Kier molecular flexibility index (Phi) is 3.31. The van der Waals surface area contributed by atoms with Crippen LogP contribution in [0.4, 0.5) is 0 Å². The van der Waals surface area contributed by atoms with Crippen molar-refractivity contribution in [2.75, 3.05) is 20.2 Å². The minimum atomic E-state index is 0.222. The summed E-state index contributed by atoms with van der Waals surface area (Å²) in [6.07, 6.45) is 2.36.